The molecular weight excluding hydrogens is 254 g/mol. The maximum absolute atomic E-state index is 4.75. The molecule has 1 aromatic rings. The molecule has 3 nitrogen and oxygen atoms in total. The summed E-state index contributed by atoms with van der Waals surface area (Å²) in [6, 6.07) is 1.25. The molecule has 19 heavy (non-hydrogen) atoms. The van der Waals surface area contributed by atoms with Crippen molar-refractivity contribution in [3.05, 3.63) is 15.6 Å². The van der Waals surface area contributed by atoms with Gasteiger partial charge in [-0.2, -0.15) is 0 Å². The Morgan fingerprint density at radius 2 is 2.21 bits per heavy atom. The quantitative estimate of drug-likeness (QED) is 0.897. The summed E-state index contributed by atoms with van der Waals surface area (Å²) < 4.78 is 0. The molecule has 0 saturated carbocycles. The molecule has 1 atom stereocenters. The highest BCUT2D eigenvalue weighted by Gasteiger charge is 2.20. The van der Waals surface area contributed by atoms with Crippen LogP contribution >= 0.6 is 11.3 Å². The molecule has 1 aliphatic heterocycles. The molecule has 0 aliphatic carbocycles. The molecule has 1 aliphatic rings. The molecule has 108 valence electrons. The molecular formula is C15H27N3S. The van der Waals surface area contributed by atoms with Crippen LogP contribution in [0, 0.1) is 6.92 Å². The largest absolute Gasteiger partial charge is 0.310 e. The van der Waals surface area contributed by atoms with E-state index in [1.165, 1.54) is 41.4 Å². The van der Waals surface area contributed by atoms with Crippen LogP contribution in [-0.2, 0) is 13.1 Å². The van der Waals surface area contributed by atoms with E-state index >= 15 is 0 Å². The van der Waals surface area contributed by atoms with Gasteiger partial charge in [0.25, 0.3) is 0 Å². The molecule has 1 saturated heterocycles. The fourth-order valence-electron chi connectivity index (χ4n) is 2.58. The third-order valence-electron chi connectivity index (χ3n) is 3.89. The van der Waals surface area contributed by atoms with Gasteiger partial charge in [0.1, 0.15) is 5.01 Å². The van der Waals surface area contributed by atoms with Crippen LogP contribution in [0.15, 0.2) is 0 Å². The first-order valence-corrected chi connectivity index (χ1v) is 8.30. The van der Waals surface area contributed by atoms with Crippen molar-refractivity contribution in [3.8, 4) is 0 Å². The normalized spacial score (nSPS) is 21.2. The lowest BCUT2D eigenvalue weighted by Crippen LogP contribution is -2.36. The number of thiazole rings is 1. The van der Waals surface area contributed by atoms with Crippen LogP contribution in [0.4, 0.5) is 0 Å². The van der Waals surface area contributed by atoms with Crippen LogP contribution < -0.4 is 5.32 Å². The third-order valence-corrected chi connectivity index (χ3v) is 5.03. The summed E-state index contributed by atoms with van der Waals surface area (Å²) >= 11 is 1.88. The van der Waals surface area contributed by atoms with Crippen molar-refractivity contribution in [3.63, 3.8) is 0 Å². The second-order valence-electron chi connectivity index (χ2n) is 5.97. The van der Waals surface area contributed by atoms with Crippen molar-refractivity contribution < 1.29 is 0 Å². The van der Waals surface area contributed by atoms with Gasteiger partial charge in [-0.1, -0.05) is 20.3 Å². The Kier molecular flexibility index (Phi) is 5.37. The molecule has 0 amide bonds. The zero-order valence-corrected chi connectivity index (χ0v) is 13.5. The standard InChI is InChI=1S/C15H27N3S/c1-11(2)16-9-14-13(4)17-15(19-14)10-18-8-6-5-7-12(18)3/h11-12,16H,5-10H2,1-4H3. The van der Waals surface area contributed by atoms with E-state index in [0.717, 1.165) is 19.1 Å². The lowest BCUT2D eigenvalue weighted by atomic mass is 10.0. The Bertz CT molecular complexity index is 400. The zero-order chi connectivity index (χ0) is 13.8. The van der Waals surface area contributed by atoms with E-state index in [0.29, 0.717) is 6.04 Å². The van der Waals surface area contributed by atoms with E-state index in [-0.39, 0.29) is 0 Å². The second kappa shape index (κ2) is 6.82. The van der Waals surface area contributed by atoms with Crippen LogP contribution in [-0.4, -0.2) is 28.5 Å². The van der Waals surface area contributed by atoms with Crippen molar-refractivity contribution in [1.82, 2.24) is 15.2 Å². The van der Waals surface area contributed by atoms with Crippen molar-refractivity contribution in [1.29, 1.82) is 0 Å². The number of hydrogen-bond acceptors (Lipinski definition) is 4. The summed E-state index contributed by atoms with van der Waals surface area (Å²) in [7, 11) is 0. The molecule has 2 rings (SSSR count). The molecule has 0 spiro atoms. The number of nitrogens with one attached hydrogen (secondary N) is 1. The minimum atomic E-state index is 0.534. The minimum Gasteiger partial charge on any atom is -0.310 e. The van der Waals surface area contributed by atoms with Crippen LogP contribution in [0.1, 0.15) is 55.6 Å². The lowest BCUT2D eigenvalue weighted by Gasteiger charge is -2.32. The summed E-state index contributed by atoms with van der Waals surface area (Å²) in [5, 5.41) is 4.77. The molecule has 1 aromatic heterocycles. The topological polar surface area (TPSA) is 28.2 Å². The first kappa shape index (κ1) is 14.9. The number of hydrogen-bond donors (Lipinski definition) is 1. The summed E-state index contributed by atoms with van der Waals surface area (Å²) in [4.78, 5) is 8.74. The summed E-state index contributed by atoms with van der Waals surface area (Å²) in [6.07, 6.45) is 4.07. The lowest BCUT2D eigenvalue weighted by molar-refractivity contribution is 0.152. The predicted octanol–water partition coefficient (Wildman–Crippen LogP) is 3.32. The number of rotatable bonds is 5. The average molecular weight is 281 g/mol. The van der Waals surface area contributed by atoms with Crippen molar-refractivity contribution >= 4 is 11.3 Å². The average Bonchev–Trinajstić information content (AvgIpc) is 2.70. The first-order valence-electron chi connectivity index (χ1n) is 7.49. The highest BCUT2D eigenvalue weighted by molar-refractivity contribution is 7.11. The summed E-state index contributed by atoms with van der Waals surface area (Å²) in [5.41, 5.74) is 1.21. The fourth-order valence-corrected chi connectivity index (χ4v) is 3.63. The molecule has 0 bridgehead atoms. The van der Waals surface area contributed by atoms with Gasteiger partial charge >= 0.3 is 0 Å². The highest BCUT2D eigenvalue weighted by Crippen LogP contribution is 2.23. The Morgan fingerprint density at radius 3 is 2.89 bits per heavy atom. The van der Waals surface area contributed by atoms with E-state index in [4.69, 9.17) is 4.98 Å². The van der Waals surface area contributed by atoms with E-state index < -0.39 is 0 Å². The second-order valence-corrected chi connectivity index (χ2v) is 7.14. The van der Waals surface area contributed by atoms with E-state index in [1.54, 1.807) is 0 Å². The molecule has 1 N–H and O–H groups in total. The maximum atomic E-state index is 4.75. The van der Waals surface area contributed by atoms with Crippen molar-refractivity contribution in [2.75, 3.05) is 6.54 Å². The number of aryl methyl sites for hydroxylation is 1. The smallest absolute Gasteiger partial charge is 0.107 e. The van der Waals surface area contributed by atoms with Crippen LogP contribution in [0.5, 0.6) is 0 Å². The molecule has 4 heteroatoms. The monoisotopic (exact) mass is 281 g/mol. The number of piperidine rings is 1. The van der Waals surface area contributed by atoms with Gasteiger partial charge in [-0.25, -0.2) is 4.98 Å². The minimum absolute atomic E-state index is 0.534. The molecule has 0 radical (unpaired) electrons. The van der Waals surface area contributed by atoms with Crippen LogP contribution in [0.3, 0.4) is 0 Å². The van der Waals surface area contributed by atoms with Crippen LogP contribution in [0.25, 0.3) is 0 Å². The van der Waals surface area contributed by atoms with E-state index in [1.807, 2.05) is 11.3 Å². The Labute approximate surface area is 121 Å². The number of nitrogens with zero attached hydrogens (tertiary/aromatic N) is 2. The van der Waals surface area contributed by atoms with Gasteiger partial charge in [-0.3, -0.25) is 4.90 Å². The fraction of sp³-hybridized carbons (Fsp3) is 0.800. The van der Waals surface area contributed by atoms with E-state index in [9.17, 15) is 0 Å². The Balaban J connectivity index is 1.95. The van der Waals surface area contributed by atoms with Gasteiger partial charge in [0.2, 0.25) is 0 Å². The van der Waals surface area contributed by atoms with Gasteiger partial charge in [0.15, 0.2) is 0 Å². The van der Waals surface area contributed by atoms with Gasteiger partial charge in [-0.15, -0.1) is 11.3 Å². The Hall–Kier alpha value is -0.450. The van der Waals surface area contributed by atoms with Crippen molar-refractivity contribution in [2.45, 2.75) is 72.1 Å². The van der Waals surface area contributed by atoms with Gasteiger partial charge in [0, 0.05) is 23.5 Å². The molecule has 0 aromatic carbocycles. The Morgan fingerprint density at radius 1 is 1.42 bits per heavy atom. The number of aromatic nitrogens is 1. The zero-order valence-electron chi connectivity index (χ0n) is 12.7. The SMILES string of the molecule is Cc1nc(CN2CCCCC2C)sc1CNC(C)C. The molecule has 1 unspecified atom stereocenters. The highest BCUT2D eigenvalue weighted by atomic mass is 32.1. The summed E-state index contributed by atoms with van der Waals surface area (Å²) in [6.45, 7) is 12.1. The van der Waals surface area contributed by atoms with Gasteiger partial charge in [0.05, 0.1) is 12.2 Å². The van der Waals surface area contributed by atoms with E-state index in [2.05, 4.69) is 37.9 Å². The third kappa shape index (κ3) is 4.26. The first-order chi connectivity index (χ1) is 9.06. The predicted molar refractivity (Wildman–Crippen MR) is 82.5 cm³/mol. The maximum Gasteiger partial charge on any atom is 0.107 e. The molecule has 2 heterocycles. The van der Waals surface area contributed by atoms with Crippen molar-refractivity contribution in [2.24, 2.45) is 0 Å². The molecule has 1 fully saturated rings. The van der Waals surface area contributed by atoms with Crippen LogP contribution in [0.2, 0.25) is 0 Å². The van der Waals surface area contributed by atoms with Gasteiger partial charge in [-0.05, 0) is 33.2 Å². The summed E-state index contributed by atoms with van der Waals surface area (Å²) in [5.74, 6) is 0. The number of likely N-dealkylation sites (tertiary alicyclic amines) is 1. The van der Waals surface area contributed by atoms with Gasteiger partial charge < -0.3 is 5.32 Å².